The molecule has 5 nitrogen and oxygen atoms in total. The highest BCUT2D eigenvalue weighted by molar-refractivity contribution is 6.03. The minimum Gasteiger partial charge on any atom is -0.462 e. The van der Waals surface area contributed by atoms with Gasteiger partial charge in [-0.3, -0.25) is 9.59 Å². The van der Waals surface area contributed by atoms with E-state index in [4.69, 9.17) is 4.74 Å². The van der Waals surface area contributed by atoms with Crippen molar-refractivity contribution < 1.29 is 23.9 Å². The fraction of sp³-hybridized carbons (Fsp3) is 0.733. The molecule has 0 saturated heterocycles. The molecule has 0 spiro atoms. The zero-order chi connectivity index (χ0) is 15.9. The number of hydrogen-bond acceptors (Lipinski definition) is 5. The molecule has 0 radical (unpaired) electrons. The van der Waals surface area contributed by atoms with Gasteiger partial charge in [0, 0.05) is 12.8 Å². The lowest BCUT2D eigenvalue weighted by molar-refractivity contribution is -0.164. The minimum absolute atomic E-state index is 0.0938. The van der Waals surface area contributed by atoms with Gasteiger partial charge in [0.1, 0.15) is 22.8 Å². The molecule has 0 rings (SSSR count). The molecule has 0 aliphatic heterocycles. The quantitative estimate of drug-likeness (QED) is 0.479. The SMILES string of the molecule is CC(=O)CCC(CCC(C)=O)(C(C)=O)C(=O)OC(C)C. The summed E-state index contributed by atoms with van der Waals surface area (Å²) in [4.78, 5) is 46.6. The van der Waals surface area contributed by atoms with Crippen LogP contribution < -0.4 is 0 Å². The van der Waals surface area contributed by atoms with E-state index in [1.807, 2.05) is 0 Å². The van der Waals surface area contributed by atoms with Crippen molar-refractivity contribution in [3.63, 3.8) is 0 Å². The van der Waals surface area contributed by atoms with Crippen molar-refractivity contribution in [1.82, 2.24) is 0 Å². The normalized spacial score (nSPS) is 11.3. The van der Waals surface area contributed by atoms with Crippen LogP contribution in [-0.4, -0.2) is 29.4 Å². The zero-order valence-electron chi connectivity index (χ0n) is 12.9. The van der Waals surface area contributed by atoms with E-state index >= 15 is 0 Å². The summed E-state index contributed by atoms with van der Waals surface area (Å²) in [5, 5.41) is 0. The predicted molar refractivity (Wildman–Crippen MR) is 74.2 cm³/mol. The van der Waals surface area contributed by atoms with Gasteiger partial charge in [0.05, 0.1) is 6.10 Å². The van der Waals surface area contributed by atoms with Gasteiger partial charge in [-0.05, 0) is 47.5 Å². The van der Waals surface area contributed by atoms with Crippen molar-refractivity contribution in [2.45, 2.75) is 66.4 Å². The average Bonchev–Trinajstić information content (AvgIpc) is 2.27. The predicted octanol–water partition coefficient (Wildman–Crippen LogP) is 2.25. The van der Waals surface area contributed by atoms with E-state index in [1.54, 1.807) is 13.8 Å². The standard InChI is InChI=1S/C15H24O5/c1-10(2)20-14(19)15(13(5)18,8-6-11(3)16)9-7-12(4)17/h10H,6-9H2,1-5H3. The summed E-state index contributed by atoms with van der Waals surface area (Å²) in [5.74, 6) is -1.19. The molecule has 0 aromatic carbocycles. The van der Waals surface area contributed by atoms with Gasteiger partial charge < -0.3 is 14.3 Å². The lowest BCUT2D eigenvalue weighted by Crippen LogP contribution is -2.41. The van der Waals surface area contributed by atoms with E-state index in [2.05, 4.69) is 0 Å². The summed E-state index contributed by atoms with van der Waals surface area (Å²) in [6.45, 7) is 7.51. The van der Waals surface area contributed by atoms with E-state index in [1.165, 1.54) is 20.8 Å². The van der Waals surface area contributed by atoms with Crippen LogP contribution in [0.2, 0.25) is 0 Å². The molecule has 0 unspecified atom stereocenters. The first kappa shape index (κ1) is 18.5. The lowest BCUT2D eigenvalue weighted by atomic mass is 9.75. The van der Waals surface area contributed by atoms with Crippen LogP contribution in [0.1, 0.15) is 60.3 Å². The monoisotopic (exact) mass is 284 g/mol. The Hall–Kier alpha value is -1.52. The first-order valence-electron chi connectivity index (χ1n) is 6.83. The van der Waals surface area contributed by atoms with E-state index < -0.39 is 11.4 Å². The molecule has 0 N–H and O–H groups in total. The first-order chi connectivity index (χ1) is 9.11. The molecule has 0 aromatic heterocycles. The highest BCUT2D eigenvalue weighted by atomic mass is 16.5. The van der Waals surface area contributed by atoms with Crippen LogP contribution >= 0.6 is 0 Å². The fourth-order valence-corrected chi connectivity index (χ4v) is 1.93. The third-order valence-electron chi connectivity index (χ3n) is 3.22. The maximum Gasteiger partial charge on any atom is 0.319 e. The smallest absolute Gasteiger partial charge is 0.319 e. The highest BCUT2D eigenvalue weighted by Gasteiger charge is 2.44. The Morgan fingerprint density at radius 2 is 1.30 bits per heavy atom. The van der Waals surface area contributed by atoms with Gasteiger partial charge in [-0.15, -0.1) is 0 Å². The molecule has 0 aliphatic carbocycles. The van der Waals surface area contributed by atoms with Crippen LogP contribution in [-0.2, 0) is 23.9 Å². The highest BCUT2D eigenvalue weighted by Crippen LogP contribution is 2.33. The maximum absolute atomic E-state index is 12.3. The number of carbonyl (C=O) groups is 4. The summed E-state index contributed by atoms with van der Waals surface area (Å²) < 4.78 is 5.16. The molecule has 20 heavy (non-hydrogen) atoms. The summed E-state index contributed by atoms with van der Waals surface area (Å²) in [6.07, 6.45) is 0.0680. The molecule has 0 atom stereocenters. The van der Waals surface area contributed by atoms with Crippen molar-refractivity contribution in [1.29, 1.82) is 0 Å². The van der Waals surface area contributed by atoms with E-state index in [0.29, 0.717) is 0 Å². The molecule has 0 heterocycles. The second kappa shape index (κ2) is 7.92. The second-order valence-electron chi connectivity index (χ2n) is 5.50. The van der Waals surface area contributed by atoms with Crippen molar-refractivity contribution >= 4 is 23.3 Å². The zero-order valence-corrected chi connectivity index (χ0v) is 12.9. The van der Waals surface area contributed by atoms with Crippen LogP contribution in [0.25, 0.3) is 0 Å². The van der Waals surface area contributed by atoms with E-state index in [0.717, 1.165) is 0 Å². The second-order valence-corrected chi connectivity index (χ2v) is 5.50. The third-order valence-corrected chi connectivity index (χ3v) is 3.22. The van der Waals surface area contributed by atoms with Gasteiger partial charge in [0.2, 0.25) is 0 Å². The third kappa shape index (κ3) is 5.63. The first-order valence-corrected chi connectivity index (χ1v) is 6.83. The summed E-state index contributed by atoms with van der Waals surface area (Å²) in [6, 6.07) is 0. The Bertz CT molecular complexity index is 377. The number of Topliss-reactive ketones (excluding diaryl/α,β-unsaturated/α-hetero) is 3. The van der Waals surface area contributed by atoms with Crippen molar-refractivity contribution in [3.8, 4) is 0 Å². The average molecular weight is 284 g/mol. The Morgan fingerprint density at radius 1 is 0.900 bits per heavy atom. The van der Waals surface area contributed by atoms with Gasteiger partial charge in [0.15, 0.2) is 0 Å². The number of hydrogen-bond donors (Lipinski definition) is 0. The number of esters is 1. The molecule has 0 aliphatic rings. The molecule has 114 valence electrons. The molecule has 0 bridgehead atoms. The van der Waals surface area contributed by atoms with Crippen molar-refractivity contribution in [2.75, 3.05) is 0 Å². The van der Waals surface area contributed by atoms with Crippen LogP contribution in [0.3, 0.4) is 0 Å². The molecule has 5 heteroatoms. The maximum atomic E-state index is 12.3. The van der Waals surface area contributed by atoms with Crippen molar-refractivity contribution in [2.24, 2.45) is 5.41 Å². The van der Waals surface area contributed by atoms with Gasteiger partial charge in [-0.1, -0.05) is 0 Å². The van der Waals surface area contributed by atoms with Gasteiger partial charge in [0.25, 0.3) is 0 Å². The number of ether oxygens (including phenoxy) is 1. The molecule has 0 fully saturated rings. The van der Waals surface area contributed by atoms with E-state index in [-0.39, 0.29) is 49.1 Å². The largest absolute Gasteiger partial charge is 0.462 e. The van der Waals surface area contributed by atoms with E-state index in [9.17, 15) is 19.2 Å². The van der Waals surface area contributed by atoms with Crippen LogP contribution in [0, 0.1) is 5.41 Å². The topological polar surface area (TPSA) is 77.5 Å². The van der Waals surface area contributed by atoms with Gasteiger partial charge in [-0.2, -0.15) is 0 Å². The fourth-order valence-electron chi connectivity index (χ4n) is 1.93. The minimum atomic E-state index is -1.39. The molecular weight excluding hydrogens is 260 g/mol. The number of carbonyl (C=O) groups excluding carboxylic acids is 4. The lowest BCUT2D eigenvalue weighted by Gasteiger charge is -2.29. The van der Waals surface area contributed by atoms with Crippen molar-refractivity contribution in [3.05, 3.63) is 0 Å². The summed E-state index contributed by atoms with van der Waals surface area (Å²) in [5.41, 5.74) is -1.39. The molecule has 0 saturated carbocycles. The van der Waals surface area contributed by atoms with Crippen LogP contribution in [0.4, 0.5) is 0 Å². The Labute approximate surface area is 120 Å². The Balaban J connectivity index is 5.30. The summed E-state index contributed by atoms with van der Waals surface area (Å²) >= 11 is 0. The summed E-state index contributed by atoms with van der Waals surface area (Å²) in [7, 11) is 0. The molecule has 0 aromatic rings. The molecule has 0 amide bonds. The van der Waals surface area contributed by atoms with Crippen LogP contribution in [0.5, 0.6) is 0 Å². The van der Waals surface area contributed by atoms with Crippen LogP contribution in [0.15, 0.2) is 0 Å². The number of rotatable bonds is 9. The number of ketones is 3. The Morgan fingerprint density at radius 3 is 1.55 bits per heavy atom. The molecular formula is C15H24O5. The Kier molecular flexibility index (Phi) is 7.32. The van der Waals surface area contributed by atoms with Gasteiger partial charge >= 0.3 is 5.97 Å². The van der Waals surface area contributed by atoms with Gasteiger partial charge in [-0.25, -0.2) is 0 Å².